The third-order valence-corrected chi connectivity index (χ3v) is 4.75. The van der Waals surface area contributed by atoms with Gasteiger partial charge >= 0.3 is 10.1 Å². The number of carbonyl (C=O) groups excluding carboxylic acids is 1. The highest BCUT2D eigenvalue weighted by molar-refractivity contribution is 9.10. The summed E-state index contributed by atoms with van der Waals surface area (Å²) in [4.78, 5) is 14.6. The van der Waals surface area contributed by atoms with Crippen LogP contribution in [0.5, 0.6) is 11.5 Å². The summed E-state index contributed by atoms with van der Waals surface area (Å²) in [6, 6.07) is 12.1. The fraction of sp³-hybridized carbons (Fsp3) is 0.316. The van der Waals surface area contributed by atoms with Crippen LogP contribution < -0.4 is 8.92 Å². The summed E-state index contributed by atoms with van der Waals surface area (Å²) < 4.78 is 34.0. The van der Waals surface area contributed by atoms with Gasteiger partial charge in [-0.3, -0.25) is 4.79 Å². The van der Waals surface area contributed by atoms with Crippen molar-refractivity contribution in [2.24, 2.45) is 0 Å². The first-order valence-electron chi connectivity index (χ1n) is 8.23. The number of methoxy groups -OCH3 is 1. The lowest BCUT2D eigenvalue weighted by atomic mass is 10.1. The number of ether oxygens (including phenoxy) is 1. The van der Waals surface area contributed by atoms with Crippen molar-refractivity contribution in [2.75, 3.05) is 13.4 Å². The van der Waals surface area contributed by atoms with E-state index >= 15 is 0 Å². The van der Waals surface area contributed by atoms with E-state index in [4.69, 9.17) is 8.92 Å². The molecule has 1 amide bonds. The van der Waals surface area contributed by atoms with E-state index in [1.54, 1.807) is 41.3 Å². The molecular formula is C19H22BrNO5S. The molecule has 2 aromatic rings. The first-order valence-corrected chi connectivity index (χ1v) is 10.8. The van der Waals surface area contributed by atoms with Gasteiger partial charge in [-0.1, -0.05) is 28.1 Å². The molecule has 0 aliphatic heterocycles. The number of carbonyl (C=O) groups is 1. The van der Waals surface area contributed by atoms with Crippen LogP contribution in [0, 0.1) is 0 Å². The Hall–Kier alpha value is -2.06. The fourth-order valence-electron chi connectivity index (χ4n) is 2.52. The lowest BCUT2D eigenvalue weighted by Crippen LogP contribution is -2.36. The zero-order valence-corrected chi connectivity index (χ0v) is 18.0. The summed E-state index contributed by atoms with van der Waals surface area (Å²) in [6.07, 6.45) is 0.969. The van der Waals surface area contributed by atoms with Crippen molar-refractivity contribution >= 4 is 32.0 Å². The highest BCUT2D eigenvalue weighted by Gasteiger charge is 2.20. The van der Waals surface area contributed by atoms with E-state index in [0.29, 0.717) is 17.9 Å². The lowest BCUT2D eigenvalue weighted by molar-refractivity contribution is 0.0690. The third kappa shape index (κ3) is 5.97. The minimum atomic E-state index is -3.70. The molecule has 0 spiro atoms. The Labute approximate surface area is 168 Å². The zero-order chi connectivity index (χ0) is 20.2. The van der Waals surface area contributed by atoms with Crippen LogP contribution in [0.2, 0.25) is 0 Å². The Morgan fingerprint density at radius 3 is 2.41 bits per heavy atom. The van der Waals surface area contributed by atoms with Crippen LogP contribution in [0.1, 0.15) is 29.8 Å². The quantitative estimate of drug-likeness (QED) is 0.592. The topological polar surface area (TPSA) is 72.9 Å². The van der Waals surface area contributed by atoms with Gasteiger partial charge < -0.3 is 13.8 Å². The van der Waals surface area contributed by atoms with Crippen LogP contribution in [0.25, 0.3) is 0 Å². The average molecular weight is 456 g/mol. The summed E-state index contributed by atoms with van der Waals surface area (Å²) in [7, 11) is -2.27. The van der Waals surface area contributed by atoms with E-state index in [9.17, 15) is 13.2 Å². The minimum Gasteiger partial charge on any atom is -0.493 e. The molecule has 146 valence electrons. The Bertz CT molecular complexity index is 927. The summed E-state index contributed by atoms with van der Waals surface area (Å²) in [5.41, 5.74) is 1.30. The predicted octanol–water partition coefficient (Wildman–Crippen LogP) is 3.85. The van der Waals surface area contributed by atoms with Crippen molar-refractivity contribution in [3.8, 4) is 11.5 Å². The molecule has 0 heterocycles. The monoisotopic (exact) mass is 455 g/mol. The normalized spacial score (nSPS) is 11.3. The van der Waals surface area contributed by atoms with Crippen molar-refractivity contribution in [1.82, 2.24) is 4.90 Å². The molecule has 0 saturated heterocycles. The summed E-state index contributed by atoms with van der Waals surface area (Å²) >= 11 is 3.38. The van der Waals surface area contributed by atoms with Gasteiger partial charge in [0, 0.05) is 22.6 Å². The summed E-state index contributed by atoms with van der Waals surface area (Å²) in [5.74, 6) is 0.280. The maximum absolute atomic E-state index is 12.9. The summed E-state index contributed by atoms with van der Waals surface area (Å²) in [6.45, 7) is 4.15. The molecule has 2 aromatic carbocycles. The van der Waals surface area contributed by atoms with Gasteiger partial charge in [0.1, 0.15) is 0 Å². The predicted molar refractivity (Wildman–Crippen MR) is 108 cm³/mol. The van der Waals surface area contributed by atoms with E-state index in [0.717, 1.165) is 16.3 Å². The van der Waals surface area contributed by atoms with Crippen LogP contribution in [0.4, 0.5) is 0 Å². The molecule has 2 rings (SSSR count). The number of halogens is 1. The SMILES string of the molecule is COc1ccc(CN(C(=O)c2cccc(Br)c2)C(C)C)cc1OS(C)(=O)=O. The van der Waals surface area contributed by atoms with Crippen LogP contribution in [-0.2, 0) is 16.7 Å². The first kappa shape index (κ1) is 21.2. The van der Waals surface area contributed by atoms with Crippen molar-refractivity contribution < 1.29 is 22.1 Å². The van der Waals surface area contributed by atoms with Crippen LogP contribution in [0.3, 0.4) is 0 Å². The summed E-state index contributed by atoms with van der Waals surface area (Å²) in [5, 5.41) is 0. The van der Waals surface area contributed by atoms with Crippen molar-refractivity contribution in [3.05, 3.63) is 58.1 Å². The smallest absolute Gasteiger partial charge is 0.306 e. The number of hydrogen-bond donors (Lipinski definition) is 0. The molecular weight excluding hydrogens is 434 g/mol. The van der Waals surface area contributed by atoms with Gasteiger partial charge in [0.05, 0.1) is 13.4 Å². The molecule has 27 heavy (non-hydrogen) atoms. The molecule has 0 radical (unpaired) electrons. The van der Waals surface area contributed by atoms with Crippen molar-refractivity contribution in [2.45, 2.75) is 26.4 Å². The molecule has 0 aromatic heterocycles. The van der Waals surface area contributed by atoms with Crippen molar-refractivity contribution in [1.29, 1.82) is 0 Å². The molecule has 0 bridgehead atoms. The molecule has 8 heteroatoms. The Kier molecular flexibility index (Phi) is 6.89. The Morgan fingerprint density at radius 1 is 1.15 bits per heavy atom. The highest BCUT2D eigenvalue weighted by Crippen LogP contribution is 2.30. The second-order valence-electron chi connectivity index (χ2n) is 6.31. The molecule has 0 N–H and O–H groups in total. The molecule has 0 fully saturated rings. The van der Waals surface area contributed by atoms with Gasteiger partial charge in [0.15, 0.2) is 11.5 Å². The molecule has 0 aliphatic rings. The molecule has 0 aliphatic carbocycles. The molecule has 0 unspecified atom stereocenters. The number of hydrogen-bond acceptors (Lipinski definition) is 5. The fourth-order valence-corrected chi connectivity index (χ4v) is 3.38. The van der Waals surface area contributed by atoms with Gasteiger partial charge in [0.25, 0.3) is 5.91 Å². The van der Waals surface area contributed by atoms with Gasteiger partial charge in [-0.2, -0.15) is 8.42 Å². The number of nitrogens with zero attached hydrogens (tertiary/aromatic N) is 1. The highest BCUT2D eigenvalue weighted by atomic mass is 79.9. The van der Waals surface area contributed by atoms with Gasteiger partial charge in [-0.05, 0) is 49.7 Å². The van der Waals surface area contributed by atoms with E-state index in [1.165, 1.54) is 7.11 Å². The average Bonchev–Trinajstić information content (AvgIpc) is 2.57. The minimum absolute atomic E-state index is 0.0575. The first-order chi connectivity index (χ1) is 12.6. The lowest BCUT2D eigenvalue weighted by Gasteiger charge is -2.27. The molecule has 0 atom stereocenters. The Balaban J connectivity index is 2.33. The molecule has 0 saturated carbocycles. The van der Waals surface area contributed by atoms with E-state index < -0.39 is 10.1 Å². The zero-order valence-electron chi connectivity index (χ0n) is 15.6. The van der Waals surface area contributed by atoms with Crippen LogP contribution in [0.15, 0.2) is 46.9 Å². The van der Waals surface area contributed by atoms with Crippen molar-refractivity contribution in [3.63, 3.8) is 0 Å². The van der Waals surface area contributed by atoms with Gasteiger partial charge in [-0.15, -0.1) is 0 Å². The number of benzene rings is 2. The third-order valence-electron chi connectivity index (χ3n) is 3.78. The van der Waals surface area contributed by atoms with Crippen LogP contribution >= 0.6 is 15.9 Å². The van der Waals surface area contributed by atoms with E-state index in [-0.39, 0.29) is 17.7 Å². The largest absolute Gasteiger partial charge is 0.493 e. The number of rotatable bonds is 7. The second-order valence-corrected chi connectivity index (χ2v) is 8.80. The van der Waals surface area contributed by atoms with Gasteiger partial charge in [0.2, 0.25) is 0 Å². The van der Waals surface area contributed by atoms with Gasteiger partial charge in [-0.25, -0.2) is 0 Å². The standard InChI is InChI=1S/C19H22BrNO5S/c1-13(2)21(19(22)15-6-5-7-16(20)11-15)12-14-8-9-17(25-3)18(10-14)26-27(4,23)24/h5-11,13H,12H2,1-4H3. The molecule has 6 nitrogen and oxygen atoms in total. The van der Waals surface area contributed by atoms with E-state index in [2.05, 4.69) is 15.9 Å². The second kappa shape index (κ2) is 8.75. The van der Waals surface area contributed by atoms with E-state index in [1.807, 2.05) is 19.9 Å². The Morgan fingerprint density at radius 2 is 1.85 bits per heavy atom. The van der Waals surface area contributed by atoms with Crippen LogP contribution in [-0.4, -0.2) is 38.6 Å². The number of amides is 1. The maximum Gasteiger partial charge on any atom is 0.306 e. The maximum atomic E-state index is 12.9.